The van der Waals surface area contributed by atoms with Gasteiger partial charge in [-0.15, -0.1) is 22.7 Å². The molecule has 9 nitrogen and oxygen atoms in total. The van der Waals surface area contributed by atoms with E-state index in [1.54, 1.807) is 55.1 Å². The van der Waals surface area contributed by atoms with Crippen molar-refractivity contribution in [2.24, 2.45) is 0 Å². The Kier molecular flexibility index (Phi) is 7.58. The molecule has 210 valence electrons. The number of nitrogens with zero attached hydrogens (tertiary/aromatic N) is 4. The van der Waals surface area contributed by atoms with Crippen LogP contribution in [-0.4, -0.2) is 38.9 Å². The molecular formula is C31H26N6O3S2. The minimum Gasteiger partial charge on any atom is -0.493 e. The van der Waals surface area contributed by atoms with Crippen molar-refractivity contribution >= 4 is 49.9 Å². The number of para-hydroxylation sites is 2. The monoisotopic (exact) mass is 594 g/mol. The molecule has 11 heteroatoms. The molecule has 0 bridgehead atoms. The fraction of sp³-hybridized carbons (Fsp3) is 0.0645. The van der Waals surface area contributed by atoms with Crippen LogP contribution in [0.1, 0.15) is 10.4 Å². The predicted molar refractivity (Wildman–Crippen MR) is 169 cm³/mol. The highest BCUT2D eigenvalue weighted by atomic mass is 32.1. The molecule has 0 aliphatic carbocycles. The van der Waals surface area contributed by atoms with Crippen molar-refractivity contribution in [1.29, 1.82) is 0 Å². The zero-order valence-corrected chi connectivity index (χ0v) is 24.4. The molecule has 0 aliphatic rings. The lowest BCUT2D eigenvalue weighted by Gasteiger charge is -2.12. The Hall–Kier alpha value is -5.13. The van der Waals surface area contributed by atoms with Gasteiger partial charge in [-0.2, -0.15) is 0 Å². The average Bonchev–Trinajstić information content (AvgIpc) is 3.80. The van der Waals surface area contributed by atoms with E-state index in [1.165, 1.54) is 0 Å². The maximum atomic E-state index is 12.8. The third-order valence-corrected chi connectivity index (χ3v) is 8.06. The first-order chi connectivity index (χ1) is 20.5. The Balaban J connectivity index is 0.000000177. The van der Waals surface area contributed by atoms with Crippen molar-refractivity contribution in [1.82, 2.24) is 18.8 Å². The van der Waals surface area contributed by atoms with Crippen LogP contribution >= 0.6 is 22.7 Å². The maximum absolute atomic E-state index is 12.8. The van der Waals surface area contributed by atoms with E-state index in [0.29, 0.717) is 22.7 Å². The second kappa shape index (κ2) is 11.8. The van der Waals surface area contributed by atoms with Crippen molar-refractivity contribution in [2.45, 2.75) is 0 Å². The van der Waals surface area contributed by atoms with E-state index < -0.39 is 0 Å². The first kappa shape index (κ1) is 27.1. The molecule has 3 N–H and O–H groups in total. The number of carbonyl (C=O) groups excluding carboxylic acids is 1. The van der Waals surface area contributed by atoms with Crippen molar-refractivity contribution in [3.05, 3.63) is 108 Å². The lowest BCUT2D eigenvalue weighted by molar-refractivity contribution is 0.102. The highest BCUT2D eigenvalue weighted by molar-refractivity contribution is 7.15. The van der Waals surface area contributed by atoms with E-state index >= 15 is 0 Å². The van der Waals surface area contributed by atoms with E-state index in [0.717, 1.165) is 38.1 Å². The number of imidazole rings is 2. The smallest absolute Gasteiger partial charge is 0.255 e. The van der Waals surface area contributed by atoms with E-state index in [9.17, 15) is 4.79 Å². The zero-order chi connectivity index (χ0) is 29.1. The number of benzene rings is 3. The predicted octanol–water partition coefficient (Wildman–Crippen LogP) is 6.98. The second-order valence-corrected chi connectivity index (χ2v) is 10.8. The van der Waals surface area contributed by atoms with Crippen LogP contribution in [0.15, 0.2) is 102 Å². The summed E-state index contributed by atoms with van der Waals surface area (Å²) >= 11 is 3.19. The van der Waals surface area contributed by atoms with Crippen LogP contribution in [0.3, 0.4) is 0 Å². The molecule has 0 unspecified atom stereocenters. The lowest BCUT2D eigenvalue weighted by atomic mass is 10.1. The van der Waals surface area contributed by atoms with Crippen LogP contribution in [0.25, 0.3) is 32.4 Å². The molecule has 1 amide bonds. The first-order valence-electron chi connectivity index (χ1n) is 12.9. The SMILES string of the molecule is COc1ccc(C(=O)Nc2ccccc2-c2cn3ccsc3n2)cc1OC.Nc1ccccc1-c1cn2ccsc2n1. The second-order valence-electron chi connectivity index (χ2n) is 9.09. The Bertz CT molecular complexity index is 1950. The first-order valence-corrected chi connectivity index (χ1v) is 14.6. The summed E-state index contributed by atoms with van der Waals surface area (Å²) in [6.45, 7) is 0. The number of carbonyl (C=O) groups is 1. The molecule has 0 spiro atoms. The van der Waals surface area contributed by atoms with Gasteiger partial charge in [-0.05, 0) is 30.3 Å². The Morgan fingerprint density at radius 3 is 2.00 bits per heavy atom. The zero-order valence-electron chi connectivity index (χ0n) is 22.7. The topological polar surface area (TPSA) is 108 Å². The van der Waals surface area contributed by atoms with Crippen LogP contribution in [0.2, 0.25) is 0 Å². The number of ether oxygens (including phenoxy) is 2. The third kappa shape index (κ3) is 5.42. The van der Waals surface area contributed by atoms with E-state index in [4.69, 9.17) is 15.2 Å². The summed E-state index contributed by atoms with van der Waals surface area (Å²) in [6, 6.07) is 20.5. The number of amides is 1. The van der Waals surface area contributed by atoms with Gasteiger partial charge in [0.05, 0.1) is 31.3 Å². The Morgan fingerprint density at radius 2 is 1.38 bits per heavy atom. The van der Waals surface area contributed by atoms with Gasteiger partial charge in [0.2, 0.25) is 0 Å². The van der Waals surface area contributed by atoms with Gasteiger partial charge < -0.3 is 20.5 Å². The van der Waals surface area contributed by atoms with Crippen molar-refractivity contribution < 1.29 is 14.3 Å². The number of hydrogen-bond acceptors (Lipinski definition) is 8. The molecule has 0 atom stereocenters. The van der Waals surface area contributed by atoms with Gasteiger partial charge in [-0.3, -0.25) is 13.6 Å². The molecule has 7 aromatic rings. The van der Waals surface area contributed by atoms with Crippen LogP contribution < -0.4 is 20.5 Å². The molecule has 0 radical (unpaired) electrons. The number of methoxy groups -OCH3 is 2. The number of nitrogens with two attached hydrogens (primary N) is 1. The largest absolute Gasteiger partial charge is 0.493 e. The molecule has 42 heavy (non-hydrogen) atoms. The number of fused-ring (bicyclic) bond motifs is 2. The molecule has 4 heterocycles. The van der Waals surface area contributed by atoms with Crippen LogP contribution in [0, 0.1) is 0 Å². The highest BCUT2D eigenvalue weighted by Gasteiger charge is 2.15. The number of nitrogens with one attached hydrogen (secondary N) is 1. The summed E-state index contributed by atoms with van der Waals surface area (Å²) in [5, 5.41) is 6.97. The van der Waals surface area contributed by atoms with Gasteiger partial charge in [0.25, 0.3) is 5.91 Å². The minimum atomic E-state index is -0.232. The van der Waals surface area contributed by atoms with Crippen molar-refractivity contribution in [3.63, 3.8) is 0 Å². The summed E-state index contributed by atoms with van der Waals surface area (Å²) in [4.78, 5) is 23.8. The van der Waals surface area contributed by atoms with Crippen LogP contribution in [0.5, 0.6) is 11.5 Å². The van der Waals surface area contributed by atoms with Gasteiger partial charge in [0.15, 0.2) is 21.4 Å². The highest BCUT2D eigenvalue weighted by Crippen LogP contribution is 2.31. The molecule has 0 saturated carbocycles. The van der Waals surface area contributed by atoms with Crippen molar-refractivity contribution in [2.75, 3.05) is 25.3 Å². The van der Waals surface area contributed by atoms with E-state index in [2.05, 4.69) is 15.3 Å². The number of hydrogen-bond donors (Lipinski definition) is 2. The number of aromatic nitrogens is 4. The van der Waals surface area contributed by atoms with Gasteiger partial charge in [0, 0.05) is 57.9 Å². The third-order valence-electron chi connectivity index (χ3n) is 6.52. The van der Waals surface area contributed by atoms with Crippen LogP contribution in [-0.2, 0) is 0 Å². The lowest BCUT2D eigenvalue weighted by Crippen LogP contribution is -2.13. The summed E-state index contributed by atoms with van der Waals surface area (Å²) in [6.07, 6.45) is 7.90. The summed E-state index contributed by atoms with van der Waals surface area (Å²) < 4.78 is 14.5. The molecule has 0 fully saturated rings. The maximum Gasteiger partial charge on any atom is 0.255 e. The molecule has 0 aliphatic heterocycles. The standard InChI is InChI=1S/C20H17N3O3S.C11H9N3S/c1-25-17-8-7-13(11-18(17)26-2)19(24)21-15-6-4-3-5-14(15)16-12-23-9-10-27-20(23)22-16;12-9-4-2-1-3-8(9)10-7-14-5-6-15-11(14)13-10/h3-12H,1-2H3,(H,21,24);1-7H,12H2. The Labute approximate surface area is 249 Å². The molecule has 0 saturated heterocycles. The number of nitrogen functional groups attached to an aromatic ring is 1. The summed E-state index contributed by atoms with van der Waals surface area (Å²) in [5.74, 6) is 0.852. The molecule has 4 aromatic heterocycles. The molecular weight excluding hydrogens is 569 g/mol. The molecule has 3 aromatic carbocycles. The average molecular weight is 595 g/mol. The number of rotatable bonds is 6. The number of anilines is 2. The quantitative estimate of drug-likeness (QED) is 0.201. The van der Waals surface area contributed by atoms with Crippen LogP contribution in [0.4, 0.5) is 11.4 Å². The van der Waals surface area contributed by atoms with Gasteiger partial charge in [0.1, 0.15) is 0 Å². The fourth-order valence-corrected chi connectivity index (χ4v) is 5.83. The minimum absolute atomic E-state index is 0.232. The van der Waals surface area contributed by atoms with E-state index in [1.807, 2.05) is 92.9 Å². The fourth-order valence-electron chi connectivity index (χ4n) is 4.43. The van der Waals surface area contributed by atoms with E-state index in [-0.39, 0.29) is 5.91 Å². The number of thiazole rings is 2. The van der Waals surface area contributed by atoms with Gasteiger partial charge in [-0.1, -0.05) is 36.4 Å². The summed E-state index contributed by atoms with van der Waals surface area (Å²) in [7, 11) is 3.10. The normalized spacial score (nSPS) is 10.8. The van der Waals surface area contributed by atoms with Crippen molar-refractivity contribution in [3.8, 4) is 34.0 Å². The van der Waals surface area contributed by atoms with Gasteiger partial charge in [-0.25, -0.2) is 9.97 Å². The summed E-state index contributed by atoms with van der Waals surface area (Å²) in [5.41, 5.74) is 11.4. The van der Waals surface area contributed by atoms with Gasteiger partial charge >= 0.3 is 0 Å². The Morgan fingerprint density at radius 1 is 0.786 bits per heavy atom. The molecule has 7 rings (SSSR count).